The van der Waals surface area contributed by atoms with Gasteiger partial charge in [0.05, 0.1) is 0 Å². The van der Waals surface area contributed by atoms with Crippen LogP contribution < -0.4 is 5.32 Å². The van der Waals surface area contributed by atoms with E-state index in [1.165, 1.54) is 19.3 Å². The summed E-state index contributed by atoms with van der Waals surface area (Å²) in [7, 11) is 0. The molecule has 3 nitrogen and oxygen atoms in total. The van der Waals surface area contributed by atoms with E-state index >= 15 is 0 Å². The van der Waals surface area contributed by atoms with Gasteiger partial charge in [-0.1, -0.05) is 26.2 Å². The van der Waals surface area contributed by atoms with Gasteiger partial charge in [0, 0.05) is 18.3 Å². The number of aromatic nitrogens is 2. The lowest BCUT2D eigenvalue weighted by Crippen LogP contribution is -2.05. The predicted octanol–water partition coefficient (Wildman–Crippen LogP) is 2.64. The lowest BCUT2D eigenvalue weighted by molar-refractivity contribution is 0.757. The van der Waals surface area contributed by atoms with Crippen LogP contribution in [0.1, 0.15) is 38.3 Å². The Morgan fingerprint density at radius 3 is 3.00 bits per heavy atom. The van der Waals surface area contributed by atoms with E-state index in [9.17, 15) is 0 Å². The number of hydrogen-bond acceptors (Lipinski definition) is 3. The Morgan fingerprint density at radius 1 is 1.40 bits per heavy atom. The van der Waals surface area contributed by atoms with Crippen molar-refractivity contribution in [3.8, 4) is 0 Å². The second-order valence-electron chi connectivity index (χ2n) is 4.30. The number of anilines is 1. The van der Waals surface area contributed by atoms with E-state index in [1.807, 2.05) is 0 Å². The molecule has 0 aromatic carbocycles. The van der Waals surface area contributed by atoms with Crippen molar-refractivity contribution in [2.75, 3.05) is 11.9 Å². The Labute approximate surface area is 91.3 Å². The van der Waals surface area contributed by atoms with Crippen molar-refractivity contribution < 1.29 is 0 Å². The van der Waals surface area contributed by atoms with Crippen LogP contribution in [0.4, 0.5) is 5.82 Å². The van der Waals surface area contributed by atoms with Gasteiger partial charge < -0.3 is 5.32 Å². The number of rotatable bonds is 6. The molecule has 2 rings (SSSR count). The van der Waals surface area contributed by atoms with Gasteiger partial charge in [0.25, 0.3) is 0 Å². The van der Waals surface area contributed by atoms with E-state index in [0.717, 1.165) is 36.8 Å². The Morgan fingerprint density at radius 2 is 2.27 bits per heavy atom. The number of aryl methyl sites for hydroxylation is 1. The molecule has 0 aliphatic heterocycles. The van der Waals surface area contributed by atoms with Gasteiger partial charge in [-0.3, -0.25) is 0 Å². The number of nitrogens with one attached hydrogen (secondary N) is 1. The smallest absolute Gasteiger partial charge is 0.129 e. The summed E-state index contributed by atoms with van der Waals surface area (Å²) >= 11 is 0. The van der Waals surface area contributed by atoms with Crippen molar-refractivity contribution >= 4 is 5.82 Å². The summed E-state index contributed by atoms with van der Waals surface area (Å²) in [5.74, 6) is 1.96. The summed E-state index contributed by atoms with van der Waals surface area (Å²) in [6.45, 7) is 3.22. The molecule has 0 bridgehead atoms. The number of hydrogen-bond donors (Lipinski definition) is 1. The van der Waals surface area contributed by atoms with Crippen molar-refractivity contribution in [1.29, 1.82) is 0 Å². The van der Waals surface area contributed by atoms with Gasteiger partial charge in [-0.2, -0.15) is 0 Å². The first-order valence-electron chi connectivity index (χ1n) is 5.93. The summed E-state index contributed by atoms with van der Waals surface area (Å²) < 4.78 is 0. The summed E-state index contributed by atoms with van der Waals surface area (Å²) in [5, 5.41) is 3.36. The first-order chi connectivity index (χ1) is 7.38. The molecule has 1 aliphatic rings. The zero-order valence-electron chi connectivity index (χ0n) is 9.37. The third kappa shape index (κ3) is 3.50. The summed E-state index contributed by atoms with van der Waals surface area (Å²) in [4.78, 5) is 8.45. The second-order valence-corrected chi connectivity index (χ2v) is 4.30. The predicted molar refractivity (Wildman–Crippen MR) is 61.9 cm³/mol. The zero-order chi connectivity index (χ0) is 10.5. The molecule has 15 heavy (non-hydrogen) atoms. The third-order valence-electron chi connectivity index (χ3n) is 2.79. The molecule has 1 N–H and O–H groups in total. The van der Waals surface area contributed by atoms with Gasteiger partial charge >= 0.3 is 0 Å². The third-order valence-corrected chi connectivity index (χ3v) is 2.79. The number of nitrogens with zero attached hydrogens (tertiary/aromatic N) is 2. The van der Waals surface area contributed by atoms with E-state index in [2.05, 4.69) is 28.3 Å². The summed E-state index contributed by atoms with van der Waals surface area (Å²) in [5.41, 5.74) is 1.14. The molecule has 3 heteroatoms. The highest BCUT2D eigenvalue weighted by Crippen LogP contribution is 2.31. The highest BCUT2D eigenvalue weighted by molar-refractivity contribution is 5.34. The minimum absolute atomic E-state index is 0.981. The van der Waals surface area contributed by atoms with Crippen LogP contribution in [0.15, 0.2) is 12.4 Å². The largest absolute Gasteiger partial charge is 0.370 e. The standard InChI is InChI=1S/C12H19N3/c1-2-3-11-8-12(15-9-14-11)13-7-6-10-4-5-10/h8-10H,2-7H2,1H3,(H,13,14,15). The fraction of sp³-hybridized carbons (Fsp3) is 0.667. The van der Waals surface area contributed by atoms with Gasteiger partial charge in [0.15, 0.2) is 0 Å². The molecule has 1 fully saturated rings. The minimum atomic E-state index is 0.981. The highest BCUT2D eigenvalue weighted by Gasteiger charge is 2.20. The molecule has 0 atom stereocenters. The monoisotopic (exact) mass is 205 g/mol. The highest BCUT2D eigenvalue weighted by atomic mass is 15.0. The van der Waals surface area contributed by atoms with E-state index in [1.54, 1.807) is 6.33 Å². The topological polar surface area (TPSA) is 37.8 Å². The average Bonchev–Trinajstić information content (AvgIpc) is 3.03. The molecule has 0 saturated heterocycles. The van der Waals surface area contributed by atoms with Crippen molar-refractivity contribution in [2.24, 2.45) is 5.92 Å². The van der Waals surface area contributed by atoms with Crippen molar-refractivity contribution in [3.63, 3.8) is 0 Å². The van der Waals surface area contributed by atoms with Crippen LogP contribution in [-0.4, -0.2) is 16.5 Å². The van der Waals surface area contributed by atoms with Crippen LogP contribution in [0, 0.1) is 5.92 Å². The summed E-state index contributed by atoms with van der Waals surface area (Å²) in [6, 6.07) is 2.07. The van der Waals surface area contributed by atoms with E-state index in [4.69, 9.17) is 0 Å². The molecule has 1 heterocycles. The Bertz CT molecular complexity index is 307. The van der Waals surface area contributed by atoms with Crippen molar-refractivity contribution in [2.45, 2.75) is 39.0 Å². The van der Waals surface area contributed by atoms with Crippen molar-refractivity contribution in [3.05, 3.63) is 18.1 Å². The SMILES string of the molecule is CCCc1cc(NCCC2CC2)ncn1. The maximum atomic E-state index is 4.23. The molecule has 82 valence electrons. The van der Waals surface area contributed by atoms with Gasteiger partial charge in [-0.25, -0.2) is 9.97 Å². The van der Waals surface area contributed by atoms with E-state index < -0.39 is 0 Å². The molecule has 1 saturated carbocycles. The molecule has 0 radical (unpaired) electrons. The molecule has 1 aromatic rings. The molecule has 0 spiro atoms. The second kappa shape index (κ2) is 5.10. The Hall–Kier alpha value is -1.12. The van der Waals surface area contributed by atoms with Crippen LogP contribution in [0.25, 0.3) is 0 Å². The molecule has 1 aromatic heterocycles. The van der Waals surface area contributed by atoms with Crippen LogP contribution in [0.5, 0.6) is 0 Å². The molecule has 1 aliphatic carbocycles. The zero-order valence-corrected chi connectivity index (χ0v) is 9.37. The lowest BCUT2D eigenvalue weighted by Gasteiger charge is -2.05. The molecule has 0 amide bonds. The quantitative estimate of drug-likeness (QED) is 0.775. The van der Waals surface area contributed by atoms with Crippen LogP contribution in [0.2, 0.25) is 0 Å². The normalized spacial score (nSPS) is 15.3. The summed E-state index contributed by atoms with van der Waals surface area (Å²) in [6.07, 6.45) is 7.97. The van der Waals surface area contributed by atoms with Gasteiger partial charge in [0.1, 0.15) is 12.1 Å². The van der Waals surface area contributed by atoms with Gasteiger partial charge in [0.2, 0.25) is 0 Å². The Balaban J connectivity index is 1.80. The van der Waals surface area contributed by atoms with Crippen LogP contribution in [0.3, 0.4) is 0 Å². The van der Waals surface area contributed by atoms with Gasteiger partial charge in [-0.15, -0.1) is 0 Å². The first-order valence-corrected chi connectivity index (χ1v) is 5.93. The van der Waals surface area contributed by atoms with Crippen molar-refractivity contribution in [1.82, 2.24) is 9.97 Å². The van der Waals surface area contributed by atoms with E-state index in [-0.39, 0.29) is 0 Å². The minimum Gasteiger partial charge on any atom is -0.370 e. The van der Waals surface area contributed by atoms with Crippen LogP contribution in [-0.2, 0) is 6.42 Å². The fourth-order valence-corrected chi connectivity index (χ4v) is 1.70. The van der Waals surface area contributed by atoms with Crippen LogP contribution >= 0.6 is 0 Å². The average molecular weight is 205 g/mol. The van der Waals surface area contributed by atoms with Gasteiger partial charge in [-0.05, 0) is 18.8 Å². The maximum absolute atomic E-state index is 4.23. The molecular formula is C12H19N3. The fourth-order valence-electron chi connectivity index (χ4n) is 1.70. The molecule has 0 unspecified atom stereocenters. The Kier molecular flexibility index (Phi) is 3.54. The lowest BCUT2D eigenvalue weighted by atomic mass is 10.2. The van der Waals surface area contributed by atoms with E-state index in [0.29, 0.717) is 0 Å². The maximum Gasteiger partial charge on any atom is 0.129 e. The first kappa shape index (κ1) is 10.4. The molecular weight excluding hydrogens is 186 g/mol.